The van der Waals surface area contributed by atoms with Crippen LogP contribution in [0, 0.1) is 12.7 Å². The molecule has 0 bridgehead atoms. The van der Waals surface area contributed by atoms with Gasteiger partial charge in [-0.1, -0.05) is 13.0 Å². The Balaban J connectivity index is 1.49. The summed E-state index contributed by atoms with van der Waals surface area (Å²) in [5, 5.41) is 8.28. The molecule has 1 aliphatic rings. The van der Waals surface area contributed by atoms with Gasteiger partial charge in [0.15, 0.2) is 5.82 Å². The van der Waals surface area contributed by atoms with Crippen LogP contribution in [0.25, 0.3) is 16.7 Å². The van der Waals surface area contributed by atoms with E-state index in [9.17, 15) is 14.0 Å². The number of amides is 1. The van der Waals surface area contributed by atoms with Gasteiger partial charge in [0.25, 0.3) is 5.56 Å². The highest BCUT2D eigenvalue weighted by Gasteiger charge is 2.26. The summed E-state index contributed by atoms with van der Waals surface area (Å²) < 4.78 is 16.8. The number of likely N-dealkylation sites (tertiary alicyclic amines) is 1. The maximum atomic E-state index is 13.6. The lowest BCUT2D eigenvalue weighted by molar-refractivity contribution is -0.132. The molecule has 3 aromatic heterocycles. The fourth-order valence-corrected chi connectivity index (χ4v) is 4.57. The Labute approximate surface area is 201 Å². The van der Waals surface area contributed by atoms with Crippen molar-refractivity contribution >= 4 is 28.7 Å². The maximum Gasteiger partial charge on any atom is 0.252 e. The quantitative estimate of drug-likeness (QED) is 0.472. The normalized spacial score (nSPS) is 16.0. The Bertz CT molecular complexity index is 1460. The highest BCUT2D eigenvalue weighted by molar-refractivity contribution is 5.79. The van der Waals surface area contributed by atoms with Crippen molar-refractivity contribution in [1.82, 2.24) is 29.2 Å². The monoisotopic (exact) mass is 475 g/mol. The van der Waals surface area contributed by atoms with E-state index in [1.807, 2.05) is 18.7 Å². The molecule has 1 atom stereocenters. The SMILES string of the molecule is CCC(=O)N1CCC[C@@H](n2c(=O)cc(C)c3cnc(Nc4ccn(-c5cccc(F)c5)n4)nc32)C1. The molecule has 1 fully saturated rings. The summed E-state index contributed by atoms with van der Waals surface area (Å²) in [4.78, 5) is 36.3. The van der Waals surface area contributed by atoms with E-state index in [-0.39, 0.29) is 29.3 Å². The molecule has 180 valence electrons. The van der Waals surface area contributed by atoms with Crippen molar-refractivity contribution in [3.05, 3.63) is 70.5 Å². The summed E-state index contributed by atoms with van der Waals surface area (Å²) in [6.07, 6.45) is 5.45. The predicted octanol–water partition coefficient (Wildman–Crippen LogP) is 3.74. The third kappa shape index (κ3) is 4.51. The van der Waals surface area contributed by atoms with E-state index in [1.165, 1.54) is 12.1 Å². The summed E-state index contributed by atoms with van der Waals surface area (Å²) in [7, 11) is 0. The minimum Gasteiger partial charge on any atom is -0.341 e. The number of aryl methyl sites for hydroxylation is 1. The van der Waals surface area contributed by atoms with Gasteiger partial charge in [-0.05, 0) is 43.5 Å². The van der Waals surface area contributed by atoms with Crippen LogP contribution < -0.4 is 10.9 Å². The van der Waals surface area contributed by atoms with Gasteiger partial charge in [-0.15, -0.1) is 0 Å². The number of pyridine rings is 1. The van der Waals surface area contributed by atoms with Crippen LogP contribution in [0.3, 0.4) is 0 Å². The number of carbonyl (C=O) groups excluding carboxylic acids is 1. The minimum absolute atomic E-state index is 0.0880. The van der Waals surface area contributed by atoms with E-state index in [2.05, 4.69) is 20.4 Å². The molecule has 1 N–H and O–H groups in total. The number of fused-ring (bicyclic) bond motifs is 1. The first-order chi connectivity index (χ1) is 16.9. The van der Waals surface area contributed by atoms with E-state index in [0.29, 0.717) is 36.7 Å². The number of aromatic nitrogens is 5. The molecule has 1 aromatic carbocycles. The number of anilines is 2. The Morgan fingerprint density at radius 2 is 2.11 bits per heavy atom. The molecule has 0 spiro atoms. The number of carbonyl (C=O) groups is 1. The molecule has 10 heteroatoms. The second-order valence-corrected chi connectivity index (χ2v) is 8.71. The molecular weight excluding hydrogens is 449 g/mol. The van der Waals surface area contributed by atoms with Crippen molar-refractivity contribution in [2.75, 3.05) is 18.4 Å². The fourth-order valence-electron chi connectivity index (χ4n) is 4.57. The van der Waals surface area contributed by atoms with E-state index in [4.69, 9.17) is 0 Å². The van der Waals surface area contributed by atoms with Crippen LogP contribution in [0.5, 0.6) is 0 Å². The number of hydrogen-bond acceptors (Lipinski definition) is 6. The second kappa shape index (κ2) is 9.28. The van der Waals surface area contributed by atoms with Gasteiger partial charge in [0.1, 0.15) is 11.5 Å². The van der Waals surface area contributed by atoms with Crippen LogP contribution in [0.1, 0.15) is 37.8 Å². The van der Waals surface area contributed by atoms with Gasteiger partial charge < -0.3 is 10.2 Å². The Hall–Kier alpha value is -4.08. The molecule has 35 heavy (non-hydrogen) atoms. The summed E-state index contributed by atoms with van der Waals surface area (Å²) in [5.41, 5.74) is 1.75. The number of nitrogens with zero attached hydrogens (tertiary/aromatic N) is 6. The van der Waals surface area contributed by atoms with Crippen molar-refractivity contribution in [3.8, 4) is 5.69 Å². The zero-order valence-electron chi connectivity index (χ0n) is 19.6. The smallest absolute Gasteiger partial charge is 0.252 e. The first-order valence-corrected chi connectivity index (χ1v) is 11.7. The standard InChI is InChI=1S/C25H26FN7O2/c1-3-22(34)31-10-5-8-19(15-31)33-23(35)12-16(2)20-14-27-25(29-24(20)33)28-21-9-11-32(30-21)18-7-4-6-17(26)13-18/h4,6-7,9,11-14,19H,3,5,8,10,15H2,1-2H3,(H,27,28,29,30)/t19-/m1/s1. The van der Waals surface area contributed by atoms with E-state index >= 15 is 0 Å². The zero-order chi connectivity index (χ0) is 24.5. The third-order valence-electron chi connectivity index (χ3n) is 6.32. The molecule has 4 heterocycles. The number of piperidine rings is 1. The Morgan fingerprint density at radius 3 is 2.91 bits per heavy atom. The Kier molecular flexibility index (Phi) is 6.02. The van der Waals surface area contributed by atoms with Gasteiger partial charge in [0, 0.05) is 49.4 Å². The summed E-state index contributed by atoms with van der Waals surface area (Å²) in [6, 6.07) is 9.31. The van der Waals surface area contributed by atoms with E-state index in [0.717, 1.165) is 23.8 Å². The van der Waals surface area contributed by atoms with Crippen LogP contribution in [0.4, 0.5) is 16.2 Å². The fraction of sp³-hybridized carbons (Fsp3) is 0.320. The molecule has 4 aromatic rings. The van der Waals surface area contributed by atoms with Gasteiger partial charge in [-0.3, -0.25) is 14.2 Å². The van der Waals surface area contributed by atoms with Crippen LogP contribution >= 0.6 is 0 Å². The van der Waals surface area contributed by atoms with Crippen LogP contribution in [0.2, 0.25) is 0 Å². The number of hydrogen-bond donors (Lipinski definition) is 1. The molecular formula is C25H26FN7O2. The van der Waals surface area contributed by atoms with Crippen molar-refractivity contribution in [2.24, 2.45) is 0 Å². The van der Waals surface area contributed by atoms with Gasteiger partial charge in [0.2, 0.25) is 11.9 Å². The molecule has 0 aliphatic carbocycles. The molecule has 0 unspecified atom stereocenters. The molecule has 0 saturated carbocycles. The first kappa shape index (κ1) is 22.7. The van der Waals surface area contributed by atoms with E-state index in [1.54, 1.807) is 45.9 Å². The highest BCUT2D eigenvalue weighted by atomic mass is 19.1. The average molecular weight is 476 g/mol. The second-order valence-electron chi connectivity index (χ2n) is 8.71. The van der Waals surface area contributed by atoms with Crippen LogP contribution in [-0.4, -0.2) is 48.2 Å². The van der Waals surface area contributed by atoms with Crippen molar-refractivity contribution in [3.63, 3.8) is 0 Å². The summed E-state index contributed by atoms with van der Waals surface area (Å²) in [6.45, 7) is 4.90. The first-order valence-electron chi connectivity index (χ1n) is 11.7. The van der Waals surface area contributed by atoms with Gasteiger partial charge in [-0.2, -0.15) is 10.1 Å². The molecule has 1 aliphatic heterocycles. The maximum absolute atomic E-state index is 13.6. The predicted molar refractivity (Wildman–Crippen MR) is 130 cm³/mol. The lowest BCUT2D eigenvalue weighted by atomic mass is 10.0. The summed E-state index contributed by atoms with van der Waals surface area (Å²) >= 11 is 0. The molecule has 1 saturated heterocycles. The van der Waals surface area contributed by atoms with Gasteiger partial charge >= 0.3 is 0 Å². The average Bonchev–Trinajstić information content (AvgIpc) is 3.32. The molecule has 1 amide bonds. The largest absolute Gasteiger partial charge is 0.341 e. The molecule has 5 rings (SSSR count). The summed E-state index contributed by atoms with van der Waals surface area (Å²) in [5.74, 6) is 0.510. The molecule has 0 radical (unpaired) electrons. The highest BCUT2D eigenvalue weighted by Crippen LogP contribution is 2.26. The number of halogens is 1. The van der Waals surface area contributed by atoms with Crippen LogP contribution in [-0.2, 0) is 4.79 Å². The van der Waals surface area contributed by atoms with Crippen molar-refractivity contribution < 1.29 is 9.18 Å². The number of benzene rings is 1. The zero-order valence-corrected chi connectivity index (χ0v) is 19.6. The van der Waals surface area contributed by atoms with E-state index < -0.39 is 0 Å². The topological polar surface area (TPSA) is 97.9 Å². The van der Waals surface area contributed by atoms with Crippen molar-refractivity contribution in [1.29, 1.82) is 0 Å². The van der Waals surface area contributed by atoms with Gasteiger partial charge in [0.05, 0.1) is 11.7 Å². The number of nitrogens with one attached hydrogen (secondary N) is 1. The number of rotatable bonds is 5. The lowest BCUT2D eigenvalue weighted by Gasteiger charge is -2.34. The lowest BCUT2D eigenvalue weighted by Crippen LogP contribution is -2.42. The molecule has 9 nitrogen and oxygen atoms in total. The third-order valence-corrected chi connectivity index (χ3v) is 6.32. The van der Waals surface area contributed by atoms with Crippen molar-refractivity contribution in [2.45, 2.75) is 39.2 Å². The van der Waals surface area contributed by atoms with Crippen LogP contribution in [0.15, 0.2) is 53.6 Å². The van der Waals surface area contributed by atoms with Gasteiger partial charge in [-0.25, -0.2) is 14.1 Å². The minimum atomic E-state index is -0.347. The Morgan fingerprint density at radius 1 is 1.26 bits per heavy atom.